The predicted octanol–water partition coefficient (Wildman–Crippen LogP) is 4.01. The Morgan fingerprint density at radius 3 is 2.39 bits per heavy atom. The van der Waals surface area contributed by atoms with Gasteiger partial charge >= 0.3 is 0 Å². The first-order valence-corrected chi connectivity index (χ1v) is 6.12. The molecule has 0 saturated carbocycles. The highest BCUT2D eigenvalue weighted by atomic mass is 14.4. The molecule has 0 heterocycles. The Labute approximate surface area is 109 Å². The summed E-state index contributed by atoms with van der Waals surface area (Å²) in [5.41, 5.74) is 1.52. The van der Waals surface area contributed by atoms with Gasteiger partial charge in [0.05, 0.1) is 12.1 Å². The number of hydrogen-bond acceptors (Lipinski definition) is 2. The molecule has 1 aromatic carbocycles. The smallest absolute Gasteiger partial charge is 0.144 e. The normalized spacial score (nSPS) is 11.7. The number of hydrogen-bond donors (Lipinski definition) is 0. The lowest BCUT2D eigenvalue weighted by atomic mass is 9.87. The summed E-state index contributed by atoms with van der Waals surface area (Å²) in [6.07, 6.45) is 4.59. The van der Waals surface area contributed by atoms with E-state index in [1.54, 1.807) is 6.92 Å². The minimum absolute atomic E-state index is 0.523. The second kappa shape index (κ2) is 6.62. The highest BCUT2D eigenvalue weighted by molar-refractivity contribution is 5.19. The van der Waals surface area contributed by atoms with Gasteiger partial charge in [0.1, 0.15) is 5.41 Å². The third-order valence-electron chi connectivity index (χ3n) is 2.89. The second-order valence-corrected chi connectivity index (χ2v) is 4.81. The van der Waals surface area contributed by atoms with Crippen molar-refractivity contribution in [1.82, 2.24) is 0 Å². The fourth-order valence-corrected chi connectivity index (χ4v) is 1.86. The van der Waals surface area contributed by atoms with Crippen LogP contribution in [-0.2, 0) is 6.42 Å². The van der Waals surface area contributed by atoms with Crippen molar-refractivity contribution in [2.75, 3.05) is 0 Å². The first-order valence-electron chi connectivity index (χ1n) is 6.12. The van der Waals surface area contributed by atoms with E-state index in [-0.39, 0.29) is 0 Å². The predicted molar refractivity (Wildman–Crippen MR) is 72.5 cm³/mol. The van der Waals surface area contributed by atoms with Crippen molar-refractivity contribution in [3.8, 4) is 12.1 Å². The molecule has 1 rings (SSSR count). The van der Waals surface area contributed by atoms with E-state index in [0.717, 1.165) is 18.4 Å². The number of rotatable bonds is 5. The van der Waals surface area contributed by atoms with Crippen LogP contribution < -0.4 is 0 Å². The highest BCUT2D eigenvalue weighted by Crippen LogP contribution is 2.24. The molecule has 18 heavy (non-hydrogen) atoms. The number of allylic oxidation sites excluding steroid dienone is 2. The van der Waals surface area contributed by atoms with Crippen LogP contribution >= 0.6 is 0 Å². The third-order valence-corrected chi connectivity index (χ3v) is 2.89. The lowest BCUT2D eigenvalue weighted by Crippen LogP contribution is -2.10. The second-order valence-electron chi connectivity index (χ2n) is 4.81. The van der Waals surface area contributed by atoms with E-state index >= 15 is 0 Å². The van der Waals surface area contributed by atoms with Gasteiger partial charge in [-0.3, -0.25) is 0 Å². The standard InChI is InChI=1S/C16H18N2/c1-14(11-16(2,12-17)13-18)7-6-10-15-8-4-3-5-9-15/h3-5,7-9H,6,10-11H2,1-2H3/b14-7+. The van der Waals surface area contributed by atoms with Crippen molar-refractivity contribution in [2.45, 2.75) is 33.1 Å². The molecule has 0 aromatic heterocycles. The average Bonchev–Trinajstić information content (AvgIpc) is 2.40. The molecule has 0 aliphatic heterocycles. The van der Waals surface area contributed by atoms with E-state index in [1.165, 1.54) is 5.56 Å². The van der Waals surface area contributed by atoms with Crippen molar-refractivity contribution in [2.24, 2.45) is 5.41 Å². The summed E-state index contributed by atoms with van der Waals surface area (Å²) < 4.78 is 0. The number of aryl methyl sites for hydroxylation is 1. The van der Waals surface area contributed by atoms with E-state index in [2.05, 4.69) is 30.3 Å². The summed E-state index contributed by atoms with van der Waals surface area (Å²) in [5.74, 6) is 0. The van der Waals surface area contributed by atoms with Gasteiger partial charge in [-0.05, 0) is 38.7 Å². The van der Waals surface area contributed by atoms with Gasteiger partial charge in [0, 0.05) is 0 Å². The molecule has 0 bridgehead atoms. The zero-order chi connectivity index (χ0) is 13.4. The lowest BCUT2D eigenvalue weighted by Gasteiger charge is -2.12. The molecule has 0 amide bonds. The molecule has 0 N–H and O–H groups in total. The first-order chi connectivity index (χ1) is 8.59. The maximum atomic E-state index is 8.94. The van der Waals surface area contributed by atoms with Crippen molar-refractivity contribution in [3.05, 3.63) is 47.5 Å². The van der Waals surface area contributed by atoms with Gasteiger partial charge in [0.2, 0.25) is 0 Å². The highest BCUT2D eigenvalue weighted by Gasteiger charge is 2.23. The van der Waals surface area contributed by atoms with Gasteiger partial charge in [-0.1, -0.05) is 42.0 Å². The van der Waals surface area contributed by atoms with Crippen LogP contribution in [0.3, 0.4) is 0 Å². The summed E-state index contributed by atoms with van der Waals surface area (Å²) in [6.45, 7) is 3.67. The minimum Gasteiger partial charge on any atom is -0.197 e. The molecule has 0 fully saturated rings. The fraction of sp³-hybridized carbons (Fsp3) is 0.375. The van der Waals surface area contributed by atoms with Gasteiger partial charge in [0.15, 0.2) is 0 Å². The molecule has 92 valence electrons. The maximum Gasteiger partial charge on any atom is 0.144 e. The molecular formula is C16H18N2. The SMILES string of the molecule is C/C(=C\CCc1ccccc1)CC(C)(C#N)C#N. The van der Waals surface area contributed by atoms with Crippen LogP contribution in [0.4, 0.5) is 0 Å². The quantitative estimate of drug-likeness (QED) is 0.728. The fourth-order valence-electron chi connectivity index (χ4n) is 1.86. The van der Waals surface area contributed by atoms with E-state index in [1.807, 2.05) is 25.1 Å². The average molecular weight is 238 g/mol. The Morgan fingerprint density at radius 2 is 1.83 bits per heavy atom. The molecule has 0 aliphatic carbocycles. The van der Waals surface area contributed by atoms with Crippen molar-refractivity contribution >= 4 is 0 Å². The van der Waals surface area contributed by atoms with Gasteiger partial charge in [-0.25, -0.2) is 0 Å². The van der Waals surface area contributed by atoms with Gasteiger partial charge in [-0.15, -0.1) is 0 Å². The molecule has 0 aliphatic rings. The maximum absolute atomic E-state index is 8.94. The molecule has 0 unspecified atom stereocenters. The minimum atomic E-state index is -0.896. The van der Waals surface area contributed by atoms with Crippen LogP contribution in [0.1, 0.15) is 32.3 Å². The van der Waals surface area contributed by atoms with Gasteiger partial charge in [0.25, 0.3) is 0 Å². The van der Waals surface area contributed by atoms with Crippen molar-refractivity contribution in [3.63, 3.8) is 0 Å². The number of nitrogens with zero attached hydrogens (tertiary/aromatic N) is 2. The van der Waals surface area contributed by atoms with E-state index < -0.39 is 5.41 Å². The Morgan fingerprint density at radius 1 is 1.22 bits per heavy atom. The molecule has 2 heteroatoms. The summed E-state index contributed by atoms with van der Waals surface area (Å²) in [5, 5.41) is 17.9. The molecule has 0 atom stereocenters. The summed E-state index contributed by atoms with van der Waals surface area (Å²) in [6, 6.07) is 14.4. The zero-order valence-corrected chi connectivity index (χ0v) is 11.0. The Balaban J connectivity index is 2.49. The Bertz CT molecular complexity index is 472. The van der Waals surface area contributed by atoms with Gasteiger partial charge in [-0.2, -0.15) is 10.5 Å². The van der Waals surface area contributed by atoms with Crippen molar-refractivity contribution < 1.29 is 0 Å². The van der Waals surface area contributed by atoms with E-state index in [9.17, 15) is 0 Å². The Kier molecular flexibility index (Phi) is 5.15. The van der Waals surface area contributed by atoms with E-state index in [0.29, 0.717) is 6.42 Å². The van der Waals surface area contributed by atoms with Crippen molar-refractivity contribution in [1.29, 1.82) is 10.5 Å². The summed E-state index contributed by atoms with van der Waals surface area (Å²) in [7, 11) is 0. The molecule has 0 spiro atoms. The van der Waals surface area contributed by atoms with Crippen LogP contribution in [0.5, 0.6) is 0 Å². The zero-order valence-electron chi connectivity index (χ0n) is 11.0. The van der Waals surface area contributed by atoms with Crippen LogP contribution in [0.25, 0.3) is 0 Å². The molecule has 1 aromatic rings. The molecule has 0 saturated heterocycles. The van der Waals surface area contributed by atoms with Crippen LogP contribution in [0.2, 0.25) is 0 Å². The monoisotopic (exact) mass is 238 g/mol. The lowest BCUT2D eigenvalue weighted by molar-refractivity contribution is 0.575. The number of benzene rings is 1. The Hall–Kier alpha value is -2.06. The summed E-state index contributed by atoms with van der Waals surface area (Å²) >= 11 is 0. The number of nitriles is 2. The molecule has 0 radical (unpaired) electrons. The van der Waals surface area contributed by atoms with Crippen LogP contribution in [0.15, 0.2) is 42.0 Å². The first kappa shape index (κ1) is 14.0. The third kappa shape index (κ3) is 4.44. The van der Waals surface area contributed by atoms with Crippen LogP contribution in [-0.4, -0.2) is 0 Å². The van der Waals surface area contributed by atoms with Gasteiger partial charge < -0.3 is 0 Å². The topological polar surface area (TPSA) is 47.6 Å². The molecule has 2 nitrogen and oxygen atoms in total. The largest absolute Gasteiger partial charge is 0.197 e. The summed E-state index contributed by atoms with van der Waals surface area (Å²) in [4.78, 5) is 0. The van der Waals surface area contributed by atoms with E-state index in [4.69, 9.17) is 10.5 Å². The molecular weight excluding hydrogens is 220 g/mol. The van der Waals surface area contributed by atoms with Crippen LogP contribution in [0, 0.1) is 28.1 Å².